The number of nitrogens with one attached hydrogen (secondary N) is 2. The maximum absolute atomic E-state index is 14.2. The smallest absolute Gasteiger partial charge is 0.269 e. The van der Waals surface area contributed by atoms with Crippen LogP contribution in [0.5, 0.6) is 11.5 Å². The van der Waals surface area contributed by atoms with E-state index in [1.807, 2.05) is 0 Å². The summed E-state index contributed by atoms with van der Waals surface area (Å²) in [6.07, 6.45) is 1.44. The van der Waals surface area contributed by atoms with Crippen LogP contribution < -0.4 is 15.4 Å². The van der Waals surface area contributed by atoms with Gasteiger partial charge < -0.3 is 10.1 Å². The van der Waals surface area contributed by atoms with Gasteiger partial charge in [0.05, 0.1) is 16.1 Å². The Morgan fingerprint density at radius 2 is 1.82 bits per heavy atom. The normalized spacial score (nSPS) is 10.7. The van der Waals surface area contributed by atoms with Crippen LogP contribution >= 0.6 is 11.6 Å². The van der Waals surface area contributed by atoms with Gasteiger partial charge in [-0.15, -0.1) is 10.2 Å². The van der Waals surface area contributed by atoms with E-state index in [0.717, 1.165) is 12.1 Å². The fraction of sp³-hybridized carbons (Fsp3) is 0.0909. The Balaban J connectivity index is 1.54. The lowest BCUT2D eigenvalue weighted by molar-refractivity contribution is 0.0956. The highest BCUT2D eigenvalue weighted by Crippen LogP contribution is 2.25. The molecular formula is C22H15ClF2N6O3. The van der Waals surface area contributed by atoms with E-state index in [-0.39, 0.29) is 28.1 Å². The quantitative estimate of drug-likeness (QED) is 0.423. The number of carbonyl (C=O) groups excluding carboxylic acids is 2. The number of rotatable bonds is 6. The number of nitrogens with zero attached hydrogens (tertiary/aromatic N) is 4. The third-order valence-corrected chi connectivity index (χ3v) is 4.84. The van der Waals surface area contributed by atoms with Crippen molar-refractivity contribution >= 4 is 40.4 Å². The van der Waals surface area contributed by atoms with Gasteiger partial charge in [-0.25, -0.2) is 13.8 Å². The lowest BCUT2D eigenvalue weighted by Gasteiger charge is -2.09. The first-order valence-electron chi connectivity index (χ1n) is 9.73. The molecule has 4 rings (SSSR count). The van der Waals surface area contributed by atoms with Crippen LogP contribution in [0, 0.1) is 5.82 Å². The molecule has 12 heteroatoms. The summed E-state index contributed by atoms with van der Waals surface area (Å²) in [7, 11) is 1.50. The van der Waals surface area contributed by atoms with E-state index in [2.05, 4.69) is 30.8 Å². The van der Waals surface area contributed by atoms with Crippen molar-refractivity contribution in [3.8, 4) is 11.5 Å². The van der Waals surface area contributed by atoms with Crippen molar-refractivity contribution in [1.82, 2.24) is 25.5 Å². The van der Waals surface area contributed by atoms with Crippen LogP contribution in [0.4, 0.5) is 14.7 Å². The summed E-state index contributed by atoms with van der Waals surface area (Å²) in [5.74, 6) is -1.64. The number of alkyl halides is 1. The second kappa shape index (κ2) is 9.71. The van der Waals surface area contributed by atoms with E-state index in [9.17, 15) is 18.4 Å². The first kappa shape index (κ1) is 22.9. The zero-order valence-electron chi connectivity index (χ0n) is 17.5. The first-order valence-corrected chi connectivity index (χ1v) is 10.1. The first-order chi connectivity index (χ1) is 16.4. The van der Waals surface area contributed by atoms with Crippen LogP contribution in [0.25, 0.3) is 11.0 Å². The van der Waals surface area contributed by atoms with Crippen LogP contribution in [0.1, 0.15) is 26.4 Å². The zero-order valence-corrected chi connectivity index (χ0v) is 18.2. The third kappa shape index (κ3) is 4.89. The lowest BCUT2D eigenvalue weighted by Crippen LogP contribution is -2.18. The molecule has 0 saturated carbocycles. The molecule has 0 atom stereocenters. The summed E-state index contributed by atoms with van der Waals surface area (Å²) in [5.41, 5.74) is 0.524. The van der Waals surface area contributed by atoms with Gasteiger partial charge in [-0.05, 0) is 35.9 Å². The molecule has 34 heavy (non-hydrogen) atoms. The highest BCUT2D eigenvalue weighted by Gasteiger charge is 2.18. The van der Waals surface area contributed by atoms with E-state index in [4.69, 9.17) is 16.3 Å². The van der Waals surface area contributed by atoms with Crippen LogP contribution in [-0.4, -0.2) is 39.0 Å². The average molecular weight is 485 g/mol. The molecule has 0 aliphatic heterocycles. The molecule has 0 aliphatic carbocycles. The molecule has 2 aromatic heterocycles. The molecule has 0 bridgehead atoms. The van der Waals surface area contributed by atoms with Gasteiger partial charge in [0.2, 0.25) is 5.95 Å². The standard InChI is InChI=1S/C22H15ClF2N6O3/c1-26-21(33)18-9-13(4-5-27-18)34-12-2-3-16-17(8-12)30-31-22(28-16)29-20(32)14-6-11(10-24)7-15(23)19(14)25/h2-9H,10H2,1H3,(H,26,33)(H,28,29,31,32). The second-order valence-corrected chi connectivity index (χ2v) is 7.28. The Kier molecular flexibility index (Phi) is 6.55. The van der Waals surface area contributed by atoms with Crippen LogP contribution in [0.2, 0.25) is 5.02 Å². The Morgan fingerprint density at radius 3 is 2.59 bits per heavy atom. The van der Waals surface area contributed by atoms with Crippen molar-refractivity contribution in [2.75, 3.05) is 12.4 Å². The predicted molar refractivity (Wildman–Crippen MR) is 119 cm³/mol. The molecule has 0 unspecified atom stereocenters. The zero-order chi connectivity index (χ0) is 24.2. The molecule has 9 nitrogen and oxygen atoms in total. The fourth-order valence-corrected chi connectivity index (χ4v) is 3.19. The molecule has 0 aliphatic rings. The fourth-order valence-electron chi connectivity index (χ4n) is 2.95. The maximum Gasteiger partial charge on any atom is 0.269 e. The average Bonchev–Trinajstić information content (AvgIpc) is 2.85. The van der Waals surface area contributed by atoms with E-state index < -0.39 is 24.0 Å². The van der Waals surface area contributed by atoms with Gasteiger partial charge >= 0.3 is 0 Å². The molecule has 4 aromatic rings. The van der Waals surface area contributed by atoms with Gasteiger partial charge in [0.25, 0.3) is 11.8 Å². The minimum atomic E-state index is -0.984. The largest absolute Gasteiger partial charge is 0.457 e. The summed E-state index contributed by atoms with van der Waals surface area (Å²) in [5, 5.41) is 12.3. The number of carbonyl (C=O) groups is 2. The summed E-state index contributed by atoms with van der Waals surface area (Å²) < 4.78 is 32.9. The van der Waals surface area contributed by atoms with Gasteiger partial charge in [0, 0.05) is 25.4 Å². The number of halogens is 3. The lowest BCUT2D eigenvalue weighted by atomic mass is 10.1. The molecule has 0 saturated heterocycles. The highest BCUT2D eigenvalue weighted by atomic mass is 35.5. The molecule has 2 heterocycles. The highest BCUT2D eigenvalue weighted by molar-refractivity contribution is 6.31. The summed E-state index contributed by atoms with van der Waals surface area (Å²) in [6.45, 7) is -0.911. The van der Waals surface area contributed by atoms with E-state index in [1.165, 1.54) is 19.3 Å². The summed E-state index contributed by atoms with van der Waals surface area (Å²) >= 11 is 5.73. The van der Waals surface area contributed by atoms with Crippen molar-refractivity contribution in [2.24, 2.45) is 0 Å². The topological polar surface area (TPSA) is 119 Å². The maximum atomic E-state index is 14.2. The number of amides is 2. The van der Waals surface area contributed by atoms with Crippen molar-refractivity contribution < 1.29 is 23.1 Å². The molecule has 2 amide bonds. The van der Waals surface area contributed by atoms with Gasteiger partial charge in [-0.3, -0.25) is 19.9 Å². The summed E-state index contributed by atoms with van der Waals surface area (Å²) in [4.78, 5) is 32.3. The van der Waals surface area contributed by atoms with Crippen LogP contribution in [-0.2, 0) is 6.67 Å². The van der Waals surface area contributed by atoms with Crippen molar-refractivity contribution in [2.45, 2.75) is 6.67 Å². The molecule has 172 valence electrons. The predicted octanol–water partition coefficient (Wildman–Crippen LogP) is 4.09. The number of hydrogen-bond donors (Lipinski definition) is 2. The number of pyridine rings is 1. The molecular weight excluding hydrogens is 470 g/mol. The van der Waals surface area contributed by atoms with Crippen molar-refractivity contribution in [3.63, 3.8) is 0 Å². The van der Waals surface area contributed by atoms with Crippen LogP contribution in [0.3, 0.4) is 0 Å². The Morgan fingerprint density at radius 1 is 1.03 bits per heavy atom. The van der Waals surface area contributed by atoms with E-state index >= 15 is 0 Å². The number of anilines is 1. The Hall–Kier alpha value is -4.25. The number of hydrogen-bond acceptors (Lipinski definition) is 7. The minimum absolute atomic E-state index is 0.0540. The second-order valence-electron chi connectivity index (χ2n) is 6.87. The van der Waals surface area contributed by atoms with Gasteiger partial charge in [0.15, 0.2) is 5.82 Å². The van der Waals surface area contributed by atoms with Gasteiger partial charge in [-0.1, -0.05) is 11.6 Å². The monoisotopic (exact) mass is 484 g/mol. The Bertz CT molecular complexity index is 1420. The SMILES string of the molecule is CNC(=O)c1cc(Oc2ccc3nc(NC(=O)c4cc(CF)cc(Cl)c4F)nnc3c2)ccn1. The van der Waals surface area contributed by atoms with Gasteiger partial charge in [-0.2, -0.15) is 0 Å². The molecule has 2 aromatic carbocycles. The Labute approximate surface area is 196 Å². The number of ether oxygens (including phenoxy) is 1. The van der Waals surface area contributed by atoms with Gasteiger partial charge in [0.1, 0.15) is 29.4 Å². The van der Waals surface area contributed by atoms with E-state index in [1.54, 1.807) is 24.3 Å². The molecule has 0 spiro atoms. The van der Waals surface area contributed by atoms with Crippen molar-refractivity contribution in [1.29, 1.82) is 0 Å². The molecule has 0 fully saturated rings. The number of benzene rings is 2. The number of aromatic nitrogens is 4. The van der Waals surface area contributed by atoms with Crippen molar-refractivity contribution in [3.05, 3.63) is 76.3 Å². The van der Waals surface area contributed by atoms with Crippen LogP contribution in [0.15, 0.2) is 48.7 Å². The third-order valence-electron chi connectivity index (χ3n) is 4.56. The minimum Gasteiger partial charge on any atom is -0.457 e. The number of fused-ring (bicyclic) bond motifs is 1. The summed E-state index contributed by atoms with van der Waals surface area (Å²) in [6, 6.07) is 9.97. The molecule has 2 N–H and O–H groups in total. The molecule has 0 radical (unpaired) electrons. The van der Waals surface area contributed by atoms with E-state index in [0.29, 0.717) is 22.5 Å².